The van der Waals surface area contributed by atoms with Crippen molar-refractivity contribution in [2.45, 2.75) is 212 Å². The van der Waals surface area contributed by atoms with Gasteiger partial charge in [-0.2, -0.15) is 0 Å². The van der Waals surface area contributed by atoms with Crippen LogP contribution in [0, 0.1) is 0 Å². The van der Waals surface area contributed by atoms with Crippen LogP contribution in [0.1, 0.15) is 200 Å². The van der Waals surface area contributed by atoms with Gasteiger partial charge in [0.15, 0.2) is 0 Å². The van der Waals surface area contributed by atoms with Crippen LogP contribution in [0.2, 0.25) is 0 Å². The van der Waals surface area contributed by atoms with E-state index in [1.165, 1.54) is 148 Å². The van der Waals surface area contributed by atoms with Gasteiger partial charge in [0.2, 0.25) is 5.91 Å². The average Bonchev–Trinajstić information content (AvgIpc) is 2.94. The fourth-order valence-corrected chi connectivity index (χ4v) is 5.59. The minimum Gasteiger partial charge on any atom is -0.394 e. The number of carbonyl (C=O) groups excluding carboxylic acids is 1. The highest BCUT2D eigenvalue weighted by Crippen LogP contribution is 2.15. The smallest absolute Gasteiger partial charge is 0.220 e. The van der Waals surface area contributed by atoms with Crippen molar-refractivity contribution in [3.63, 3.8) is 0 Å². The van der Waals surface area contributed by atoms with E-state index in [0.29, 0.717) is 12.8 Å². The maximum atomic E-state index is 12.3. The van der Waals surface area contributed by atoms with E-state index in [2.05, 4.69) is 19.2 Å². The Morgan fingerprint density at radius 1 is 0.513 bits per heavy atom. The first-order chi connectivity index (χ1) is 19.2. The van der Waals surface area contributed by atoms with Gasteiger partial charge < -0.3 is 15.5 Å². The summed E-state index contributed by atoms with van der Waals surface area (Å²) in [6.07, 6.45) is 35.8. The maximum Gasteiger partial charge on any atom is 0.220 e. The van der Waals surface area contributed by atoms with Gasteiger partial charge in [-0.25, -0.2) is 0 Å². The molecular formula is C35H71NO3. The molecule has 2 atom stereocenters. The molecule has 0 aromatic heterocycles. The van der Waals surface area contributed by atoms with Gasteiger partial charge in [-0.3, -0.25) is 4.79 Å². The molecule has 0 aromatic carbocycles. The number of aliphatic hydroxyl groups is 2. The van der Waals surface area contributed by atoms with Gasteiger partial charge in [0.1, 0.15) is 0 Å². The highest BCUT2D eigenvalue weighted by Gasteiger charge is 2.19. The minimum atomic E-state index is -0.650. The summed E-state index contributed by atoms with van der Waals surface area (Å²) in [6.45, 7) is 4.35. The second kappa shape index (κ2) is 31.9. The highest BCUT2D eigenvalue weighted by atomic mass is 16.3. The molecule has 0 aliphatic carbocycles. The lowest BCUT2D eigenvalue weighted by atomic mass is 10.0. The van der Waals surface area contributed by atoms with Crippen molar-refractivity contribution in [1.82, 2.24) is 5.32 Å². The van der Waals surface area contributed by atoms with E-state index in [9.17, 15) is 15.0 Å². The molecule has 0 rings (SSSR count). The molecule has 0 spiro atoms. The molecule has 39 heavy (non-hydrogen) atoms. The number of nitrogens with one attached hydrogen (secondary N) is 1. The largest absolute Gasteiger partial charge is 0.394 e. The third-order valence-electron chi connectivity index (χ3n) is 8.37. The van der Waals surface area contributed by atoms with Gasteiger partial charge in [-0.05, 0) is 12.8 Å². The average molecular weight is 554 g/mol. The molecule has 3 N–H and O–H groups in total. The fourth-order valence-electron chi connectivity index (χ4n) is 5.59. The fraction of sp³-hybridized carbons (Fsp3) is 0.971. The molecule has 1 amide bonds. The van der Waals surface area contributed by atoms with Crippen LogP contribution in [0.25, 0.3) is 0 Å². The van der Waals surface area contributed by atoms with Gasteiger partial charge >= 0.3 is 0 Å². The molecule has 0 bridgehead atoms. The van der Waals surface area contributed by atoms with Crippen LogP contribution in [0.3, 0.4) is 0 Å². The van der Waals surface area contributed by atoms with Gasteiger partial charge in [0, 0.05) is 6.42 Å². The minimum absolute atomic E-state index is 0.0301. The molecule has 4 nitrogen and oxygen atoms in total. The first-order valence-corrected chi connectivity index (χ1v) is 17.7. The number of unbranched alkanes of at least 4 members (excludes halogenated alkanes) is 25. The van der Waals surface area contributed by atoms with Crippen molar-refractivity contribution in [3.8, 4) is 0 Å². The molecule has 0 aliphatic heterocycles. The second-order valence-corrected chi connectivity index (χ2v) is 12.3. The zero-order chi connectivity index (χ0) is 28.7. The summed E-state index contributed by atoms with van der Waals surface area (Å²) in [5, 5.41) is 23.0. The predicted octanol–water partition coefficient (Wildman–Crippen LogP) is 10.2. The van der Waals surface area contributed by atoms with Crippen LogP contribution < -0.4 is 5.32 Å². The molecule has 0 aromatic rings. The number of hydrogen-bond acceptors (Lipinski definition) is 3. The van der Waals surface area contributed by atoms with Gasteiger partial charge in [0.05, 0.1) is 18.8 Å². The second-order valence-electron chi connectivity index (χ2n) is 12.3. The summed E-state index contributed by atoms with van der Waals surface area (Å²) in [7, 11) is 0. The lowest BCUT2D eigenvalue weighted by molar-refractivity contribution is -0.123. The van der Waals surface area contributed by atoms with Crippen molar-refractivity contribution < 1.29 is 15.0 Å². The van der Waals surface area contributed by atoms with Crippen LogP contribution in [0.4, 0.5) is 0 Å². The van der Waals surface area contributed by atoms with Crippen LogP contribution in [-0.2, 0) is 4.79 Å². The molecule has 0 aliphatic rings. The third-order valence-corrected chi connectivity index (χ3v) is 8.37. The summed E-state index contributed by atoms with van der Waals surface area (Å²) in [4.78, 5) is 12.3. The topological polar surface area (TPSA) is 69.6 Å². The summed E-state index contributed by atoms with van der Waals surface area (Å²) in [5.74, 6) is -0.0301. The Morgan fingerprint density at radius 3 is 1.15 bits per heavy atom. The number of carbonyl (C=O) groups is 1. The summed E-state index contributed by atoms with van der Waals surface area (Å²) >= 11 is 0. The van der Waals surface area contributed by atoms with E-state index in [4.69, 9.17) is 0 Å². The summed E-state index contributed by atoms with van der Waals surface area (Å²) < 4.78 is 0. The SMILES string of the molecule is CCCCCCCCCCCCCCCCCC(=O)N[C@@H](CO)[C@H](O)CCCCCCCCCCCCCC. The van der Waals surface area contributed by atoms with E-state index in [0.717, 1.165) is 25.7 Å². The highest BCUT2D eigenvalue weighted by molar-refractivity contribution is 5.76. The number of rotatable bonds is 32. The number of amides is 1. The lowest BCUT2D eigenvalue weighted by Gasteiger charge is -2.22. The summed E-state index contributed by atoms with van der Waals surface area (Å²) in [6, 6.07) is -0.526. The van der Waals surface area contributed by atoms with Crippen LogP contribution in [0.5, 0.6) is 0 Å². The number of aliphatic hydroxyl groups excluding tert-OH is 2. The lowest BCUT2D eigenvalue weighted by Crippen LogP contribution is -2.45. The van der Waals surface area contributed by atoms with Gasteiger partial charge in [-0.1, -0.05) is 181 Å². The van der Waals surface area contributed by atoms with E-state index < -0.39 is 12.1 Å². The normalized spacial score (nSPS) is 13.0. The van der Waals surface area contributed by atoms with Gasteiger partial charge in [-0.15, -0.1) is 0 Å². The standard InChI is InChI=1S/C35H71NO3/c1-3-5-7-9-11-13-15-17-18-19-21-23-25-27-29-31-35(39)36-33(32-37)34(38)30-28-26-24-22-20-16-14-12-10-8-6-4-2/h33-34,37-38H,3-32H2,1-2H3,(H,36,39)/t33-,34+/m0/s1. The quantitative estimate of drug-likeness (QED) is 0.0726. The first-order valence-electron chi connectivity index (χ1n) is 17.7. The third kappa shape index (κ3) is 28.7. The maximum absolute atomic E-state index is 12.3. The Morgan fingerprint density at radius 2 is 0.821 bits per heavy atom. The molecule has 0 unspecified atom stereocenters. The monoisotopic (exact) mass is 554 g/mol. The molecule has 0 saturated heterocycles. The molecule has 4 heteroatoms. The number of hydrogen-bond donors (Lipinski definition) is 3. The Bertz CT molecular complexity index is 485. The van der Waals surface area contributed by atoms with Crippen molar-refractivity contribution in [3.05, 3.63) is 0 Å². The Hall–Kier alpha value is -0.610. The van der Waals surface area contributed by atoms with E-state index >= 15 is 0 Å². The van der Waals surface area contributed by atoms with Crippen molar-refractivity contribution in [1.29, 1.82) is 0 Å². The molecular weight excluding hydrogens is 482 g/mol. The Labute approximate surface area is 244 Å². The van der Waals surface area contributed by atoms with Gasteiger partial charge in [0.25, 0.3) is 0 Å². The van der Waals surface area contributed by atoms with E-state index in [1.807, 2.05) is 0 Å². The predicted molar refractivity (Wildman–Crippen MR) is 170 cm³/mol. The van der Waals surface area contributed by atoms with Crippen molar-refractivity contribution in [2.75, 3.05) is 6.61 Å². The molecule has 0 heterocycles. The van der Waals surface area contributed by atoms with Crippen LogP contribution >= 0.6 is 0 Å². The van der Waals surface area contributed by atoms with E-state index in [1.54, 1.807) is 0 Å². The molecule has 234 valence electrons. The van der Waals surface area contributed by atoms with Crippen molar-refractivity contribution in [2.24, 2.45) is 0 Å². The van der Waals surface area contributed by atoms with Crippen LogP contribution in [0.15, 0.2) is 0 Å². The van der Waals surface area contributed by atoms with Crippen molar-refractivity contribution >= 4 is 5.91 Å². The Kier molecular flexibility index (Phi) is 31.4. The zero-order valence-corrected chi connectivity index (χ0v) is 26.7. The van der Waals surface area contributed by atoms with E-state index in [-0.39, 0.29) is 12.5 Å². The zero-order valence-electron chi connectivity index (χ0n) is 26.7. The first kappa shape index (κ1) is 38.4. The van der Waals surface area contributed by atoms with Crippen LogP contribution in [-0.4, -0.2) is 34.9 Å². The molecule has 0 saturated carbocycles. The molecule has 0 radical (unpaired) electrons. The Balaban J connectivity index is 3.53. The summed E-state index contributed by atoms with van der Waals surface area (Å²) in [5.41, 5.74) is 0. The molecule has 0 fully saturated rings.